The standard InChI is InChI=1S/C26H31FN4.ClH/c1-3-30(4-2)17-7-15-28-18-24-26-23(14-16-29-24)22-8-5-6-9-25(22)31(26)19-20-10-12-21(27)13-11-20;/h5-6,8-14,16,28H,3-4,7,15,17-19H2,1-2H3;1H. The zero-order valence-electron chi connectivity index (χ0n) is 18.9. The van der Waals surface area contributed by atoms with Gasteiger partial charge in [-0.3, -0.25) is 4.98 Å². The van der Waals surface area contributed by atoms with Gasteiger partial charge >= 0.3 is 0 Å². The second-order valence-corrected chi connectivity index (χ2v) is 7.94. The van der Waals surface area contributed by atoms with Crippen molar-refractivity contribution in [2.24, 2.45) is 0 Å². The predicted octanol–water partition coefficient (Wildman–Crippen LogP) is 5.62. The van der Waals surface area contributed by atoms with Crippen LogP contribution in [0.15, 0.2) is 60.8 Å². The van der Waals surface area contributed by atoms with Crippen LogP contribution in [0.4, 0.5) is 4.39 Å². The van der Waals surface area contributed by atoms with Crippen molar-refractivity contribution >= 4 is 34.2 Å². The van der Waals surface area contributed by atoms with Crippen molar-refractivity contribution in [2.45, 2.75) is 33.4 Å². The molecule has 6 heteroatoms. The normalized spacial score (nSPS) is 11.4. The molecular weight excluding hydrogens is 423 g/mol. The molecule has 2 aromatic carbocycles. The average Bonchev–Trinajstić information content (AvgIpc) is 3.12. The van der Waals surface area contributed by atoms with Crippen molar-refractivity contribution < 1.29 is 4.39 Å². The van der Waals surface area contributed by atoms with E-state index in [0.29, 0.717) is 6.54 Å². The number of hydrogen-bond acceptors (Lipinski definition) is 3. The van der Waals surface area contributed by atoms with Crippen LogP contribution in [0, 0.1) is 5.82 Å². The van der Waals surface area contributed by atoms with Crippen LogP contribution in [0.3, 0.4) is 0 Å². The van der Waals surface area contributed by atoms with Gasteiger partial charge in [0.25, 0.3) is 0 Å². The number of fused-ring (bicyclic) bond motifs is 3. The first kappa shape index (κ1) is 24.2. The van der Waals surface area contributed by atoms with Crippen molar-refractivity contribution in [2.75, 3.05) is 26.2 Å². The highest BCUT2D eigenvalue weighted by molar-refractivity contribution is 6.08. The number of pyridine rings is 1. The quantitative estimate of drug-likeness (QED) is 0.316. The lowest BCUT2D eigenvalue weighted by atomic mass is 10.1. The highest BCUT2D eigenvalue weighted by Gasteiger charge is 2.15. The number of hydrogen-bond donors (Lipinski definition) is 1. The van der Waals surface area contributed by atoms with Gasteiger partial charge in [0.15, 0.2) is 0 Å². The van der Waals surface area contributed by atoms with Crippen LogP contribution in [-0.4, -0.2) is 40.6 Å². The maximum atomic E-state index is 13.4. The smallest absolute Gasteiger partial charge is 0.123 e. The second kappa shape index (κ2) is 11.4. The Morgan fingerprint density at radius 3 is 2.47 bits per heavy atom. The van der Waals surface area contributed by atoms with Crippen molar-refractivity contribution in [1.82, 2.24) is 19.8 Å². The van der Waals surface area contributed by atoms with Gasteiger partial charge in [-0.05, 0) is 62.4 Å². The molecule has 0 fully saturated rings. The van der Waals surface area contributed by atoms with Crippen molar-refractivity contribution in [3.63, 3.8) is 0 Å². The lowest BCUT2D eigenvalue weighted by Crippen LogP contribution is -2.27. The Morgan fingerprint density at radius 2 is 1.72 bits per heavy atom. The second-order valence-electron chi connectivity index (χ2n) is 7.94. The van der Waals surface area contributed by atoms with Crippen molar-refractivity contribution in [3.05, 3.63) is 77.9 Å². The Kier molecular flexibility index (Phi) is 8.62. The Morgan fingerprint density at radius 1 is 0.969 bits per heavy atom. The molecule has 0 saturated carbocycles. The third-order valence-electron chi connectivity index (χ3n) is 6.02. The Hall–Kier alpha value is -2.47. The molecule has 0 atom stereocenters. The molecule has 4 rings (SSSR count). The summed E-state index contributed by atoms with van der Waals surface area (Å²) in [5.74, 6) is -0.206. The topological polar surface area (TPSA) is 33.1 Å². The summed E-state index contributed by atoms with van der Waals surface area (Å²) in [6.45, 7) is 10.1. The summed E-state index contributed by atoms with van der Waals surface area (Å²) >= 11 is 0. The molecule has 2 aromatic heterocycles. The molecule has 0 spiro atoms. The molecule has 0 bridgehead atoms. The van der Waals surface area contributed by atoms with Gasteiger partial charge in [-0.1, -0.05) is 44.2 Å². The van der Waals surface area contributed by atoms with Crippen LogP contribution >= 0.6 is 12.4 Å². The summed E-state index contributed by atoms with van der Waals surface area (Å²) in [6, 6.07) is 17.3. The fraction of sp³-hybridized carbons (Fsp3) is 0.346. The molecule has 0 aliphatic carbocycles. The van der Waals surface area contributed by atoms with E-state index >= 15 is 0 Å². The minimum atomic E-state index is -0.206. The van der Waals surface area contributed by atoms with Crippen LogP contribution in [0.5, 0.6) is 0 Å². The maximum absolute atomic E-state index is 13.4. The predicted molar refractivity (Wildman–Crippen MR) is 134 cm³/mol. The third kappa shape index (κ3) is 5.29. The van der Waals surface area contributed by atoms with Crippen LogP contribution in [0.25, 0.3) is 21.8 Å². The number of para-hydroxylation sites is 1. The first-order valence-electron chi connectivity index (χ1n) is 11.2. The van der Waals surface area contributed by atoms with E-state index in [2.05, 4.69) is 59.0 Å². The summed E-state index contributed by atoms with van der Waals surface area (Å²) in [4.78, 5) is 7.18. The molecule has 0 aliphatic rings. The van der Waals surface area contributed by atoms with E-state index in [4.69, 9.17) is 4.98 Å². The number of halogens is 2. The van der Waals surface area contributed by atoms with Gasteiger partial charge in [0.05, 0.1) is 11.2 Å². The minimum Gasteiger partial charge on any atom is -0.334 e. The Balaban J connectivity index is 0.00000289. The molecule has 32 heavy (non-hydrogen) atoms. The zero-order valence-corrected chi connectivity index (χ0v) is 19.7. The fourth-order valence-electron chi connectivity index (χ4n) is 4.31. The number of aromatic nitrogens is 2. The average molecular weight is 455 g/mol. The summed E-state index contributed by atoms with van der Waals surface area (Å²) in [5.41, 5.74) is 4.46. The van der Waals surface area contributed by atoms with Gasteiger partial charge < -0.3 is 14.8 Å². The van der Waals surface area contributed by atoms with Crippen LogP contribution in [0.1, 0.15) is 31.5 Å². The number of benzene rings is 2. The van der Waals surface area contributed by atoms with Gasteiger partial charge in [-0.15, -0.1) is 12.4 Å². The number of rotatable bonds is 10. The first-order chi connectivity index (χ1) is 15.2. The minimum absolute atomic E-state index is 0. The first-order valence-corrected chi connectivity index (χ1v) is 11.2. The molecule has 170 valence electrons. The van der Waals surface area contributed by atoms with Gasteiger partial charge in [0.2, 0.25) is 0 Å². The Labute approximate surface area is 195 Å². The van der Waals surface area contributed by atoms with Crippen molar-refractivity contribution in [1.29, 1.82) is 0 Å². The molecule has 0 radical (unpaired) electrons. The molecular formula is C26H32ClFN4. The molecule has 0 amide bonds. The molecule has 2 heterocycles. The molecule has 0 aliphatic heterocycles. The largest absolute Gasteiger partial charge is 0.334 e. The fourth-order valence-corrected chi connectivity index (χ4v) is 4.31. The van der Waals surface area contributed by atoms with Gasteiger partial charge in [0.1, 0.15) is 5.82 Å². The summed E-state index contributed by atoms with van der Waals surface area (Å²) in [7, 11) is 0. The highest BCUT2D eigenvalue weighted by atomic mass is 35.5. The van der Waals surface area contributed by atoms with E-state index in [1.165, 1.54) is 28.4 Å². The SMILES string of the molecule is CCN(CC)CCCNCc1nccc2c3ccccc3n(Cc3ccc(F)cc3)c12.Cl. The molecule has 4 aromatic rings. The molecule has 4 nitrogen and oxygen atoms in total. The zero-order chi connectivity index (χ0) is 21.6. The summed E-state index contributed by atoms with van der Waals surface area (Å²) in [5, 5.41) is 6.03. The number of nitrogens with zero attached hydrogens (tertiary/aromatic N) is 3. The van der Waals surface area contributed by atoms with Gasteiger partial charge in [-0.2, -0.15) is 0 Å². The maximum Gasteiger partial charge on any atom is 0.123 e. The van der Waals surface area contributed by atoms with Gasteiger partial charge in [-0.25, -0.2) is 4.39 Å². The van der Waals surface area contributed by atoms with E-state index in [1.54, 1.807) is 0 Å². The monoisotopic (exact) mass is 454 g/mol. The van der Waals surface area contributed by atoms with Crippen LogP contribution in [-0.2, 0) is 13.1 Å². The molecule has 0 unspecified atom stereocenters. The van der Waals surface area contributed by atoms with E-state index < -0.39 is 0 Å². The lowest BCUT2D eigenvalue weighted by molar-refractivity contribution is 0.298. The van der Waals surface area contributed by atoms with Crippen LogP contribution < -0.4 is 5.32 Å². The van der Waals surface area contributed by atoms with Crippen LogP contribution in [0.2, 0.25) is 0 Å². The summed E-state index contributed by atoms with van der Waals surface area (Å²) < 4.78 is 15.7. The third-order valence-corrected chi connectivity index (χ3v) is 6.02. The van der Waals surface area contributed by atoms with Gasteiger partial charge in [0, 0.05) is 35.6 Å². The van der Waals surface area contributed by atoms with E-state index in [0.717, 1.165) is 55.9 Å². The number of nitrogens with one attached hydrogen (secondary N) is 1. The van der Waals surface area contributed by atoms with E-state index in [-0.39, 0.29) is 18.2 Å². The van der Waals surface area contributed by atoms with E-state index in [1.807, 2.05) is 18.3 Å². The van der Waals surface area contributed by atoms with E-state index in [9.17, 15) is 4.39 Å². The summed E-state index contributed by atoms with van der Waals surface area (Å²) in [6.07, 6.45) is 3.03. The molecule has 0 saturated heterocycles. The Bertz CT molecular complexity index is 1140. The molecule has 1 N–H and O–H groups in total. The lowest BCUT2D eigenvalue weighted by Gasteiger charge is -2.17. The highest BCUT2D eigenvalue weighted by Crippen LogP contribution is 2.31. The van der Waals surface area contributed by atoms with Crippen molar-refractivity contribution in [3.8, 4) is 0 Å².